The summed E-state index contributed by atoms with van der Waals surface area (Å²) in [7, 11) is 2.93. The summed E-state index contributed by atoms with van der Waals surface area (Å²) >= 11 is 3.70. The number of carbonyl (C=O) groups excluding carboxylic acids is 1. The molecule has 2 aromatic carbocycles. The van der Waals surface area contributed by atoms with Crippen molar-refractivity contribution in [3.05, 3.63) is 52.9 Å². The first-order valence-electron chi connectivity index (χ1n) is 9.89. The van der Waals surface area contributed by atoms with Gasteiger partial charge in [-0.25, -0.2) is 0 Å². The molecular formula is C24H27CoN3NaO6S. The van der Waals surface area contributed by atoms with Gasteiger partial charge in [0, 0.05) is 36.9 Å². The average Bonchev–Trinajstić information content (AvgIpc) is 2.76. The van der Waals surface area contributed by atoms with Gasteiger partial charge in [0.2, 0.25) is 0 Å². The second kappa shape index (κ2) is 20.9. The Morgan fingerprint density at radius 2 is 1.31 bits per heavy atom. The van der Waals surface area contributed by atoms with Gasteiger partial charge < -0.3 is 35.0 Å². The van der Waals surface area contributed by atoms with Gasteiger partial charge >= 0.3 is 46.3 Å². The van der Waals surface area contributed by atoms with Crippen molar-refractivity contribution in [3.63, 3.8) is 0 Å². The van der Waals surface area contributed by atoms with Crippen LogP contribution in [-0.4, -0.2) is 50.9 Å². The quantitative estimate of drug-likeness (QED) is 0.222. The largest absolute Gasteiger partial charge is 3.00 e. The first-order chi connectivity index (χ1) is 16.0. The van der Waals surface area contributed by atoms with Crippen molar-refractivity contribution in [2.45, 2.75) is 20.8 Å². The molecule has 0 aromatic heterocycles. The normalized spacial score (nSPS) is 9.92. The van der Waals surface area contributed by atoms with Crippen molar-refractivity contribution in [2.24, 2.45) is 15.4 Å². The predicted octanol–water partition coefficient (Wildman–Crippen LogP) is -1.17. The Labute approximate surface area is 249 Å². The van der Waals surface area contributed by atoms with E-state index >= 15 is 0 Å². The fourth-order valence-electron chi connectivity index (χ4n) is 2.42. The third-order valence-electron chi connectivity index (χ3n) is 3.96. The van der Waals surface area contributed by atoms with Gasteiger partial charge in [-0.3, -0.25) is 9.98 Å². The molecule has 0 aliphatic carbocycles. The third-order valence-corrected chi connectivity index (χ3v) is 3.96. The molecule has 0 saturated carbocycles. The number of methoxy groups -OCH3 is 2. The van der Waals surface area contributed by atoms with Crippen LogP contribution < -0.4 is 54.4 Å². The molecule has 2 aromatic rings. The number of aliphatic imine (C=N–C) groups is 2. The molecule has 0 saturated heterocycles. The van der Waals surface area contributed by atoms with Crippen molar-refractivity contribution in [2.75, 3.05) is 27.3 Å². The van der Waals surface area contributed by atoms with E-state index in [4.69, 9.17) is 24.8 Å². The summed E-state index contributed by atoms with van der Waals surface area (Å²) in [5, 5.41) is 41.5. The molecule has 12 heteroatoms. The number of para-hydroxylation sites is 2. The van der Waals surface area contributed by atoms with E-state index in [1.54, 1.807) is 48.8 Å². The molecule has 0 bridgehead atoms. The number of ether oxygens (including phenoxy) is 2. The van der Waals surface area contributed by atoms with Gasteiger partial charge in [-0.1, -0.05) is 61.8 Å². The van der Waals surface area contributed by atoms with E-state index in [0.717, 1.165) is 6.92 Å². The van der Waals surface area contributed by atoms with E-state index in [-0.39, 0.29) is 63.3 Å². The summed E-state index contributed by atoms with van der Waals surface area (Å²) in [6, 6.07) is 10.2. The van der Waals surface area contributed by atoms with E-state index in [1.165, 1.54) is 19.4 Å². The van der Waals surface area contributed by atoms with E-state index in [1.807, 2.05) is 13.8 Å². The van der Waals surface area contributed by atoms with Crippen molar-refractivity contribution in [1.29, 1.82) is 0 Å². The number of isothiocyanates is 1. The molecule has 0 atom stereocenters. The van der Waals surface area contributed by atoms with Crippen molar-refractivity contribution < 1.29 is 75.9 Å². The van der Waals surface area contributed by atoms with Crippen LogP contribution >= 0.6 is 12.2 Å². The summed E-state index contributed by atoms with van der Waals surface area (Å²) < 4.78 is 10.1. The number of benzene rings is 2. The van der Waals surface area contributed by atoms with Crippen LogP contribution in [0.3, 0.4) is 0 Å². The van der Waals surface area contributed by atoms with Crippen LogP contribution in [0.2, 0.25) is 0 Å². The van der Waals surface area contributed by atoms with Crippen LogP contribution in [0.1, 0.15) is 31.9 Å². The minimum absolute atomic E-state index is 0. The Bertz CT molecular complexity index is 957. The molecule has 0 amide bonds. The number of nitrogens with zero attached hydrogens (tertiary/aromatic N) is 3. The van der Waals surface area contributed by atoms with Gasteiger partial charge in [-0.05, 0) is 30.2 Å². The van der Waals surface area contributed by atoms with Gasteiger partial charge in [-0.15, -0.1) is 0 Å². The number of carboxylic acid groups (broad SMARTS) is 1. The molecule has 0 fully saturated rings. The number of carbonyl (C=O) groups is 1. The molecule has 36 heavy (non-hydrogen) atoms. The maximum absolute atomic E-state index is 12.1. The standard InChI is InChI=1S/C21H26N2O4.C2H4O2.CNS.Co.Na/c1-21(2,13-22-11-15-7-5-9-17(26-3)19(15)24)14-23-12-16-8-6-10-18(27-4)20(16)25;1-2(3)4;2-1-3;;/h5-12,24-25H,13-14H2,1-4H3;1H3,(H,3,4);;;/q;;-1;+3;+1/p-3. The molecule has 2 rings (SSSR count). The summed E-state index contributed by atoms with van der Waals surface area (Å²) in [5.41, 5.74) is 0.749. The van der Waals surface area contributed by atoms with Crippen LogP contribution in [0, 0.1) is 5.41 Å². The van der Waals surface area contributed by atoms with Crippen molar-refractivity contribution >= 4 is 35.8 Å². The van der Waals surface area contributed by atoms with Crippen molar-refractivity contribution in [3.8, 4) is 23.0 Å². The zero-order chi connectivity index (χ0) is 26.1. The Morgan fingerprint density at radius 3 is 1.58 bits per heavy atom. The number of hydrogen-bond donors (Lipinski definition) is 0. The van der Waals surface area contributed by atoms with E-state index in [2.05, 4.69) is 22.2 Å². The number of rotatable bonds is 8. The number of thiocarbonyl (C=S) groups is 1. The maximum Gasteiger partial charge on any atom is 3.00 e. The summed E-state index contributed by atoms with van der Waals surface area (Å²) in [6.45, 7) is 6.00. The monoisotopic (exact) mass is 567 g/mol. The van der Waals surface area contributed by atoms with Gasteiger partial charge in [0.25, 0.3) is 0 Å². The number of aliphatic carboxylic acids is 1. The van der Waals surface area contributed by atoms with Gasteiger partial charge in [0.15, 0.2) is 0 Å². The Balaban J connectivity index is -0.00000108. The van der Waals surface area contributed by atoms with Crippen LogP contribution in [0.15, 0.2) is 46.4 Å². The first-order valence-corrected chi connectivity index (χ1v) is 10.3. The van der Waals surface area contributed by atoms with Crippen LogP contribution in [0.4, 0.5) is 0 Å². The Kier molecular flexibility index (Phi) is 22.2. The average molecular weight is 567 g/mol. The fourth-order valence-corrected chi connectivity index (χ4v) is 2.42. The first kappa shape index (κ1) is 38.3. The summed E-state index contributed by atoms with van der Waals surface area (Å²) in [5.74, 6) is -0.842. The minimum Gasteiger partial charge on any atom is -0.870 e. The molecular weight excluding hydrogens is 540 g/mol. The second-order valence-corrected chi connectivity index (χ2v) is 7.63. The molecule has 0 heterocycles. The third kappa shape index (κ3) is 15.7. The zero-order valence-corrected chi connectivity index (χ0v) is 24.9. The van der Waals surface area contributed by atoms with Crippen LogP contribution in [-0.2, 0) is 21.6 Å². The molecule has 0 radical (unpaired) electrons. The topological polar surface area (TPSA) is 152 Å². The molecule has 0 unspecified atom stereocenters. The number of carboxylic acids is 1. The molecule has 190 valence electrons. The fraction of sp³-hybridized carbons (Fsp3) is 0.333. The smallest absolute Gasteiger partial charge is 0.870 e. The van der Waals surface area contributed by atoms with E-state index in [0.29, 0.717) is 35.7 Å². The molecule has 9 nitrogen and oxygen atoms in total. The second-order valence-electron chi connectivity index (χ2n) is 7.44. The van der Waals surface area contributed by atoms with Gasteiger partial charge in [0.1, 0.15) is 11.5 Å². The SMILES string of the molecule is CC(=O)[O-].COc1cccc(C=NCC(C)(C)CN=Cc2cccc(OC)c2[O-])c1[O-].[Co+3].[N-]=C=S.[Na+]. The van der Waals surface area contributed by atoms with Crippen LogP contribution in [0.25, 0.3) is 5.41 Å². The summed E-state index contributed by atoms with van der Waals surface area (Å²) in [4.78, 5) is 17.7. The van der Waals surface area contributed by atoms with E-state index in [9.17, 15) is 10.2 Å². The molecule has 0 spiro atoms. The molecule has 0 N–H and O–H groups in total. The van der Waals surface area contributed by atoms with Crippen LogP contribution in [0.5, 0.6) is 23.0 Å². The molecule has 0 aliphatic rings. The minimum atomic E-state index is -1.08. The van der Waals surface area contributed by atoms with Crippen molar-refractivity contribution in [1.82, 2.24) is 0 Å². The zero-order valence-electron chi connectivity index (χ0n) is 21.1. The maximum atomic E-state index is 12.1. The van der Waals surface area contributed by atoms with Gasteiger partial charge in [0.05, 0.1) is 14.2 Å². The Hall–Kier alpha value is -2.24. The van der Waals surface area contributed by atoms with Gasteiger partial charge in [-0.2, -0.15) is 5.16 Å². The van der Waals surface area contributed by atoms with E-state index < -0.39 is 5.97 Å². The predicted molar refractivity (Wildman–Crippen MR) is 130 cm³/mol. The number of hydrogen-bond acceptors (Lipinski definition) is 9. The molecule has 0 aliphatic heterocycles. The summed E-state index contributed by atoms with van der Waals surface area (Å²) in [6.07, 6.45) is 3.13. The Morgan fingerprint density at radius 1 is 1.00 bits per heavy atom.